The Labute approximate surface area is 92.9 Å². The van der Waals surface area contributed by atoms with Gasteiger partial charge >= 0.3 is 0 Å². The number of nitrogens with zero attached hydrogens (tertiary/aromatic N) is 3. The summed E-state index contributed by atoms with van der Waals surface area (Å²) in [7, 11) is 0. The summed E-state index contributed by atoms with van der Waals surface area (Å²) in [6, 6.07) is 9.89. The highest BCUT2D eigenvalue weighted by Gasteiger charge is 2.12. The number of amides is 1. The van der Waals surface area contributed by atoms with E-state index >= 15 is 0 Å². The van der Waals surface area contributed by atoms with Crippen LogP contribution in [0.3, 0.4) is 0 Å². The molecule has 0 bridgehead atoms. The summed E-state index contributed by atoms with van der Waals surface area (Å²) in [5, 5.41) is 4.02. The Kier molecular flexibility index (Phi) is 2.68. The third kappa shape index (κ3) is 1.93. The first-order valence-electron chi connectivity index (χ1n) is 4.94. The highest BCUT2D eigenvalue weighted by atomic mass is 16.1. The van der Waals surface area contributed by atoms with Crippen LogP contribution in [0.15, 0.2) is 36.7 Å². The Bertz CT molecular complexity index is 492. The van der Waals surface area contributed by atoms with Gasteiger partial charge in [0.1, 0.15) is 6.33 Å². The molecule has 0 aliphatic carbocycles. The molecule has 1 amide bonds. The van der Waals surface area contributed by atoms with Crippen LogP contribution in [-0.4, -0.2) is 20.7 Å². The summed E-state index contributed by atoms with van der Waals surface area (Å²) >= 11 is 0. The Morgan fingerprint density at radius 2 is 2.06 bits per heavy atom. The third-order valence-corrected chi connectivity index (χ3v) is 2.41. The average molecular weight is 216 g/mol. The summed E-state index contributed by atoms with van der Waals surface area (Å²) in [4.78, 5) is 14.7. The van der Waals surface area contributed by atoms with Crippen LogP contribution in [0.2, 0.25) is 0 Å². The number of hydrogen-bond donors (Lipinski definition) is 1. The highest BCUT2D eigenvalue weighted by molar-refractivity contribution is 5.88. The van der Waals surface area contributed by atoms with Gasteiger partial charge in [-0.25, -0.2) is 9.67 Å². The smallest absolute Gasteiger partial charge is 0.288 e. The minimum atomic E-state index is -0.612. The van der Waals surface area contributed by atoms with Crippen LogP contribution in [0.25, 0.3) is 0 Å². The second kappa shape index (κ2) is 4.14. The van der Waals surface area contributed by atoms with Gasteiger partial charge in [-0.2, -0.15) is 0 Å². The Balaban J connectivity index is 2.27. The normalized spacial score (nSPS) is 12.3. The Morgan fingerprint density at radius 3 is 2.62 bits per heavy atom. The molecule has 2 N–H and O–H groups in total. The predicted molar refractivity (Wildman–Crippen MR) is 58.8 cm³/mol. The van der Waals surface area contributed by atoms with Crippen molar-refractivity contribution in [2.45, 2.75) is 13.0 Å². The molecule has 0 radical (unpaired) electrons. The molecule has 0 aliphatic rings. The number of primary amides is 1. The number of carbonyl (C=O) groups excluding carboxylic acids is 1. The standard InChI is InChI=1S/C11H12N4O/c1-8(9-5-3-2-4-6-9)15-7-13-11(14-15)10(12)16/h2-8H,1H3,(H2,12,16)/t8-/m0/s1. The number of aromatic nitrogens is 3. The number of hydrogen-bond acceptors (Lipinski definition) is 3. The molecule has 1 aromatic carbocycles. The minimum Gasteiger partial charge on any atom is -0.363 e. The molecule has 0 spiro atoms. The van der Waals surface area contributed by atoms with Crippen molar-refractivity contribution < 1.29 is 4.79 Å². The Morgan fingerprint density at radius 1 is 1.38 bits per heavy atom. The number of nitrogens with two attached hydrogens (primary N) is 1. The van der Waals surface area contributed by atoms with E-state index in [1.54, 1.807) is 4.68 Å². The van der Waals surface area contributed by atoms with Crippen molar-refractivity contribution in [3.05, 3.63) is 48.0 Å². The predicted octanol–water partition coefficient (Wildman–Crippen LogP) is 0.986. The van der Waals surface area contributed by atoms with Crippen molar-refractivity contribution in [2.24, 2.45) is 5.73 Å². The van der Waals surface area contributed by atoms with Crippen LogP contribution in [0.1, 0.15) is 29.1 Å². The topological polar surface area (TPSA) is 73.8 Å². The molecule has 16 heavy (non-hydrogen) atoms. The molecule has 82 valence electrons. The molecule has 1 heterocycles. The maximum absolute atomic E-state index is 10.9. The molecule has 5 heteroatoms. The molecule has 0 unspecified atom stereocenters. The zero-order chi connectivity index (χ0) is 11.5. The molecule has 1 aromatic heterocycles. The molecular weight excluding hydrogens is 204 g/mol. The lowest BCUT2D eigenvalue weighted by molar-refractivity contribution is 0.0990. The van der Waals surface area contributed by atoms with Gasteiger partial charge < -0.3 is 5.73 Å². The molecule has 0 saturated carbocycles. The van der Waals surface area contributed by atoms with E-state index in [9.17, 15) is 4.79 Å². The van der Waals surface area contributed by atoms with Crippen LogP contribution in [-0.2, 0) is 0 Å². The van der Waals surface area contributed by atoms with Crippen molar-refractivity contribution in [1.82, 2.24) is 14.8 Å². The summed E-state index contributed by atoms with van der Waals surface area (Å²) in [6.45, 7) is 1.98. The van der Waals surface area contributed by atoms with Gasteiger partial charge in [0.2, 0.25) is 5.82 Å². The summed E-state index contributed by atoms with van der Waals surface area (Å²) in [6.07, 6.45) is 1.51. The molecule has 5 nitrogen and oxygen atoms in total. The lowest BCUT2D eigenvalue weighted by atomic mass is 10.1. The van der Waals surface area contributed by atoms with E-state index in [-0.39, 0.29) is 11.9 Å². The molecule has 2 aromatic rings. The van der Waals surface area contributed by atoms with Gasteiger partial charge in [0.25, 0.3) is 5.91 Å². The minimum absolute atomic E-state index is 0.0294. The van der Waals surface area contributed by atoms with E-state index in [4.69, 9.17) is 5.73 Å². The quantitative estimate of drug-likeness (QED) is 0.831. The number of benzene rings is 1. The maximum Gasteiger partial charge on any atom is 0.288 e. The van der Waals surface area contributed by atoms with Crippen LogP contribution in [0, 0.1) is 0 Å². The fourth-order valence-corrected chi connectivity index (χ4v) is 1.46. The average Bonchev–Trinajstić information content (AvgIpc) is 2.78. The largest absolute Gasteiger partial charge is 0.363 e. The van der Waals surface area contributed by atoms with Gasteiger partial charge in [0.05, 0.1) is 6.04 Å². The molecule has 0 fully saturated rings. The Hall–Kier alpha value is -2.17. The first-order chi connectivity index (χ1) is 7.68. The lowest BCUT2D eigenvalue weighted by Crippen LogP contribution is -2.14. The first kappa shape index (κ1) is 10.4. The lowest BCUT2D eigenvalue weighted by Gasteiger charge is -2.10. The molecule has 2 rings (SSSR count). The monoisotopic (exact) mass is 216 g/mol. The van der Waals surface area contributed by atoms with E-state index in [1.165, 1.54) is 6.33 Å². The number of rotatable bonds is 3. The van der Waals surface area contributed by atoms with Crippen molar-refractivity contribution >= 4 is 5.91 Å². The molecular formula is C11H12N4O. The zero-order valence-electron chi connectivity index (χ0n) is 8.87. The fraction of sp³-hybridized carbons (Fsp3) is 0.182. The summed E-state index contributed by atoms with van der Waals surface area (Å²) < 4.78 is 1.62. The van der Waals surface area contributed by atoms with E-state index in [2.05, 4.69) is 10.1 Å². The SMILES string of the molecule is C[C@@H](c1ccccc1)n1cnc(C(N)=O)n1. The fourth-order valence-electron chi connectivity index (χ4n) is 1.46. The van der Waals surface area contributed by atoms with Crippen molar-refractivity contribution in [3.63, 3.8) is 0 Å². The summed E-state index contributed by atoms with van der Waals surface area (Å²) in [5.41, 5.74) is 6.19. The second-order valence-corrected chi connectivity index (χ2v) is 3.50. The zero-order valence-corrected chi connectivity index (χ0v) is 8.87. The maximum atomic E-state index is 10.9. The van der Waals surface area contributed by atoms with E-state index in [1.807, 2.05) is 37.3 Å². The molecule has 0 saturated heterocycles. The molecule has 1 atom stereocenters. The van der Waals surface area contributed by atoms with Gasteiger partial charge in [-0.15, -0.1) is 5.10 Å². The van der Waals surface area contributed by atoms with E-state index in [0.717, 1.165) is 5.56 Å². The summed E-state index contributed by atoms with van der Waals surface area (Å²) in [5.74, 6) is -0.568. The highest BCUT2D eigenvalue weighted by Crippen LogP contribution is 2.15. The third-order valence-electron chi connectivity index (χ3n) is 2.41. The first-order valence-corrected chi connectivity index (χ1v) is 4.94. The van der Waals surface area contributed by atoms with Crippen molar-refractivity contribution in [1.29, 1.82) is 0 Å². The van der Waals surface area contributed by atoms with E-state index < -0.39 is 5.91 Å². The van der Waals surface area contributed by atoms with Crippen LogP contribution in [0.4, 0.5) is 0 Å². The van der Waals surface area contributed by atoms with E-state index in [0.29, 0.717) is 0 Å². The van der Waals surface area contributed by atoms with Crippen molar-refractivity contribution in [3.8, 4) is 0 Å². The van der Waals surface area contributed by atoms with Crippen molar-refractivity contribution in [2.75, 3.05) is 0 Å². The van der Waals surface area contributed by atoms with Crippen LogP contribution >= 0.6 is 0 Å². The molecule has 0 aliphatic heterocycles. The van der Waals surface area contributed by atoms with Crippen LogP contribution < -0.4 is 5.73 Å². The van der Waals surface area contributed by atoms with Gasteiger partial charge in [-0.3, -0.25) is 4.79 Å². The van der Waals surface area contributed by atoms with Gasteiger partial charge in [-0.1, -0.05) is 30.3 Å². The number of carbonyl (C=O) groups is 1. The van der Waals surface area contributed by atoms with Gasteiger partial charge in [0.15, 0.2) is 0 Å². The van der Waals surface area contributed by atoms with Crippen LogP contribution in [0.5, 0.6) is 0 Å². The van der Waals surface area contributed by atoms with Gasteiger partial charge in [-0.05, 0) is 12.5 Å². The van der Waals surface area contributed by atoms with Gasteiger partial charge in [0, 0.05) is 0 Å². The second-order valence-electron chi connectivity index (χ2n) is 3.50.